The summed E-state index contributed by atoms with van der Waals surface area (Å²) >= 11 is 0. The van der Waals surface area contributed by atoms with Gasteiger partial charge in [0.15, 0.2) is 5.58 Å². The third-order valence-electron chi connectivity index (χ3n) is 10.1. The summed E-state index contributed by atoms with van der Waals surface area (Å²) in [5.41, 5.74) is 10.6. The normalized spacial score (nSPS) is 11.5. The predicted molar refractivity (Wildman–Crippen MR) is 218 cm³/mol. The lowest BCUT2D eigenvalue weighted by Gasteiger charge is -2.26. The first-order valence-electron chi connectivity index (χ1n) is 17.6. The molecule has 244 valence electrons. The van der Waals surface area contributed by atoms with Crippen LogP contribution in [-0.2, 0) is 0 Å². The van der Waals surface area contributed by atoms with E-state index >= 15 is 0 Å². The number of anilines is 3. The number of aromatic nitrogens is 1. The van der Waals surface area contributed by atoms with Crippen molar-refractivity contribution in [2.45, 2.75) is 0 Å². The van der Waals surface area contributed by atoms with Crippen LogP contribution in [-0.4, -0.2) is 4.98 Å². The number of oxazole rings is 1. The number of fused-ring (bicyclic) bond motifs is 6. The highest BCUT2D eigenvalue weighted by Gasteiger charge is 2.16. The van der Waals surface area contributed by atoms with E-state index in [1.54, 1.807) is 0 Å². The molecule has 52 heavy (non-hydrogen) atoms. The first kappa shape index (κ1) is 29.9. The molecule has 1 aromatic heterocycles. The molecule has 0 atom stereocenters. The van der Waals surface area contributed by atoms with Crippen molar-refractivity contribution >= 4 is 60.5 Å². The summed E-state index contributed by atoms with van der Waals surface area (Å²) in [5, 5.41) is 7.29. The second-order valence-electron chi connectivity index (χ2n) is 13.2. The Balaban J connectivity index is 1.01. The molecule has 10 rings (SSSR count). The zero-order valence-electron chi connectivity index (χ0n) is 28.3. The Morgan fingerprint density at radius 2 is 0.942 bits per heavy atom. The first-order chi connectivity index (χ1) is 25.8. The van der Waals surface area contributed by atoms with Crippen molar-refractivity contribution < 1.29 is 4.42 Å². The van der Waals surface area contributed by atoms with Gasteiger partial charge in [0.25, 0.3) is 0 Å². The monoisotopic (exact) mass is 664 g/mol. The number of benzene rings is 9. The standard InChI is InChI=1S/C49H32N2O/c1-3-11-36(12-4-1)49-50-48-46-31-37(20-19-35(46)25-30-47(48)52-49)33-21-26-40(27-22-33)51(39-14-5-2-6-15-39)41-28-23-34(24-29-41)45-32-38-13-7-8-16-42(38)43-17-9-10-18-44(43)45/h1-32H. The molecule has 0 N–H and O–H groups in total. The lowest BCUT2D eigenvalue weighted by Crippen LogP contribution is -2.09. The first-order valence-corrected chi connectivity index (χ1v) is 17.6. The fourth-order valence-corrected chi connectivity index (χ4v) is 7.50. The molecule has 0 bridgehead atoms. The van der Waals surface area contributed by atoms with E-state index in [4.69, 9.17) is 9.40 Å². The molecule has 1 heterocycles. The zero-order valence-corrected chi connectivity index (χ0v) is 28.3. The van der Waals surface area contributed by atoms with E-state index in [-0.39, 0.29) is 0 Å². The van der Waals surface area contributed by atoms with Crippen molar-refractivity contribution in [2.75, 3.05) is 4.90 Å². The van der Waals surface area contributed by atoms with Gasteiger partial charge < -0.3 is 9.32 Å². The molecule has 0 saturated heterocycles. The van der Waals surface area contributed by atoms with E-state index in [0.717, 1.165) is 55.6 Å². The van der Waals surface area contributed by atoms with E-state index in [2.05, 4.69) is 163 Å². The van der Waals surface area contributed by atoms with Gasteiger partial charge in [0.2, 0.25) is 5.89 Å². The minimum atomic E-state index is 0.637. The number of para-hydroxylation sites is 1. The highest BCUT2D eigenvalue weighted by molar-refractivity contribution is 6.13. The fraction of sp³-hybridized carbons (Fsp3) is 0. The van der Waals surface area contributed by atoms with Crippen LogP contribution in [0, 0.1) is 0 Å². The number of nitrogens with zero attached hydrogens (tertiary/aromatic N) is 2. The molecule has 0 aliphatic rings. The molecule has 0 aliphatic carbocycles. The van der Waals surface area contributed by atoms with Crippen molar-refractivity contribution in [1.29, 1.82) is 0 Å². The van der Waals surface area contributed by atoms with Gasteiger partial charge in [-0.05, 0) is 116 Å². The Morgan fingerprint density at radius 1 is 0.365 bits per heavy atom. The van der Waals surface area contributed by atoms with E-state index in [1.807, 2.05) is 36.4 Å². The van der Waals surface area contributed by atoms with Crippen LogP contribution in [0.3, 0.4) is 0 Å². The molecule has 0 aliphatic heterocycles. The van der Waals surface area contributed by atoms with Gasteiger partial charge in [0.05, 0.1) is 0 Å². The molecule has 10 aromatic rings. The van der Waals surface area contributed by atoms with Crippen LogP contribution in [0.15, 0.2) is 199 Å². The van der Waals surface area contributed by atoms with Gasteiger partial charge in [0, 0.05) is 28.0 Å². The molecule has 3 heteroatoms. The highest BCUT2D eigenvalue weighted by atomic mass is 16.3. The van der Waals surface area contributed by atoms with E-state index in [9.17, 15) is 0 Å². The largest absolute Gasteiger partial charge is 0.436 e. The Labute approximate surface area is 301 Å². The van der Waals surface area contributed by atoms with Crippen molar-refractivity contribution in [3.8, 4) is 33.7 Å². The number of rotatable bonds is 6. The summed E-state index contributed by atoms with van der Waals surface area (Å²) in [6.45, 7) is 0. The van der Waals surface area contributed by atoms with Gasteiger partial charge in [-0.3, -0.25) is 0 Å². The second-order valence-corrected chi connectivity index (χ2v) is 13.2. The summed E-state index contributed by atoms with van der Waals surface area (Å²) in [7, 11) is 0. The topological polar surface area (TPSA) is 29.3 Å². The van der Waals surface area contributed by atoms with Crippen LogP contribution < -0.4 is 4.90 Å². The maximum Gasteiger partial charge on any atom is 0.227 e. The van der Waals surface area contributed by atoms with Gasteiger partial charge in [-0.15, -0.1) is 0 Å². The van der Waals surface area contributed by atoms with Crippen molar-refractivity contribution in [3.05, 3.63) is 194 Å². The van der Waals surface area contributed by atoms with Crippen molar-refractivity contribution in [3.63, 3.8) is 0 Å². The quantitative estimate of drug-likeness (QED) is 0.166. The Hall–Kier alpha value is -6.97. The summed E-state index contributed by atoms with van der Waals surface area (Å²) in [6.07, 6.45) is 0. The third-order valence-corrected chi connectivity index (χ3v) is 10.1. The summed E-state index contributed by atoms with van der Waals surface area (Å²) < 4.78 is 6.19. The van der Waals surface area contributed by atoms with Gasteiger partial charge in [-0.1, -0.05) is 127 Å². The van der Waals surface area contributed by atoms with Crippen LogP contribution >= 0.6 is 0 Å². The maximum atomic E-state index is 6.19. The molecule has 0 radical (unpaired) electrons. The minimum Gasteiger partial charge on any atom is -0.436 e. The van der Waals surface area contributed by atoms with Crippen molar-refractivity contribution in [1.82, 2.24) is 4.98 Å². The van der Waals surface area contributed by atoms with Crippen LogP contribution in [0.25, 0.3) is 77.1 Å². The Morgan fingerprint density at radius 3 is 1.69 bits per heavy atom. The molecule has 0 unspecified atom stereocenters. The van der Waals surface area contributed by atoms with E-state index < -0.39 is 0 Å². The number of hydrogen-bond donors (Lipinski definition) is 0. The van der Waals surface area contributed by atoms with Crippen LogP contribution in [0.4, 0.5) is 17.1 Å². The second kappa shape index (κ2) is 12.4. The number of hydrogen-bond acceptors (Lipinski definition) is 3. The van der Waals surface area contributed by atoms with Gasteiger partial charge in [-0.2, -0.15) is 0 Å². The molecule has 0 spiro atoms. The molecular formula is C49H32N2O. The van der Waals surface area contributed by atoms with Crippen molar-refractivity contribution in [2.24, 2.45) is 0 Å². The van der Waals surface area contributed by atoms with Crippen LogP contribution in [0.2, 0.25) is 0 Å². The molecule has 0 fully saturated rings. The van der Waals surface area contributed by atoms with Gasteiger partial charge in [0.1, 0.15) is 5.52 Å². The molecule has 3 nitrogen and oxygen atoms in total. The summed E-state index contributed by atoms with van der Waals surface area (Å²) in [4.78, 5) is 7.25. The Bertz CT molecular complexity index is 2880. The van der Waals surface area contributed by atoms with Gasteiger partial charge in [-0.25, -0.2) is 4.98 Å². The van der Waals surface area contributed by atoms with Crippen LogP contribution in [0.1, 0.15) is 0 Å². The lowest BCUT2D eigenvalue weighted by molar-refractivity contribution is 0.620. The molecular weight excluding hydrogens is 633 g/mol. The highest BCUT2D eigenvalue weighted by Crippen LogP contribution is 2.40. The third kappa shape index (κ3) is 5.19. The average Bonchev–Trinajstić information content (AvgIpc) is 3.67. The fourth-order valence-electron chi connectivity index (χ4n) is 7.50. The maximum absolute atomic E-state index is 6.19. The van der Waals surface area contributed by atoms with Gasteiger partial charge >= 0.3 is 0 Å². The Kier molecular flexibility index (Phi) is 7.14. The zero-order chi connectivity index (χ0) is 34.4. The lowest BCUT2D eigenvalue weighted by atomic mass is 9.93. The van der Waals surface area contributed by atoms with E-state index in [0.29, 0.717) is 5.89 Å². The molecule has 0 amide bonds. The minimum absolute atomic E-state index is 0.637. The smallest absolute Gasteiger partial charge is 0.227 e. The SMILES string of the molecule is c1ccc(-c2nc3c(ccc4ccc(-c5ccc(N(c6ccccc6)c6ccc(-c7cc8ccccc8c8ccccc78)cc6)cc5)cc43)o2)cc1. The predicted octanol–water partition coefficient (Wildman–Crippen LogP) is 13.8. The van der Waals surface area contributed by atoms with E-state index in [1.165, 1.54) is 32.7 Å². The average molecular weight is 665 g/mol. The van der Waals surface area contributed by atoms with Crippen LogP contribution in [0.5, 0.6) is 0 Å². The summed E-state index contributed by atoms with van der Waals surface area (Å²) in [5.74, 6) is 0.637. The molecule has 0 saturated carbocycles. The molecule has 9 aromatic carbocycles. The summed E-state index contributed by atoms with van der Waals surface area (Å²) in [6, 6.07) is 68.8.